The number of para-hydroxylation sites is 2. The molecule has 0 fully saturated rings. The van der Waals surface area contributed by atoms with Crippen LogP contribution in [0.2, 0.25) is 0 Å². The van der Waals surface area contributed by atoms with E-state index in [4.69, 9.17) is 9.47 Å². The van der Waals surface area contributed by atoms with E-state index in [1.807, 2.05) is 12.1 Å². The molecule has 26 heavy (non-hydrogen) atoms. The van der Waals surface area contributed by atoms with Gasteiger partial charge in [-0.05, 0) is 24.3 Å². The molecule has 2 N–H and O–H groups in total. The van der Waals surface area contributed by atoms with Gasteiger partial charge in [-0.3, -0.25) is 4.57 Å². The van der Waals surface area contributed by atoms with Crippen LogP contribution < -0.4 is 19.9 Å². The van der Waals surface area contributed by atoms with Gasteiger partial charge in [0, 0.05) is 19.2 Å². The minimum Gasteiger partial charge on any atom is -0.497 e. The highest BCUT2D eigenvalue weighted by atomic mass is 32.2. The lowest BCUT2D eigenvalue weighted by molar-refractivity contribution is 0.392. The van der Waals surface area contributed by atoms with E-state index in [1.54, 1.807) is 18.2 Å². The van der Waals surface area contributed by atoms with Crippen molar-refractivity contribution in [2.45, 2.75) is 11.4 Å². The quantitative estimate of drug-likeness (QED) is 0.647. The molecule has 9 heteroatoms. The fourth-order valence-electron chi connectivity index (χ4n) is 2.69. The second-order valence-corrected chi connectivity index (χ2v) is 7.25. The minimum absolute atomic E-state index is 0.0226. The summed E-state index contributed by atoms with van der Waals surface area (Å²) >= 11 is 0. The Kier molecular flexibility index (Phi) is 5.01. The minimum atomic E-state index is -3.84. The molecule has 138 valence electrons. The predicted octanol–water partition coefficient (Wildman–Crippen LogP) is 1.33. The molecule has 1 heterocycles. The van der Waals surface area contributed by atoms with Crippen molar-refractivity contribution in [3.8, 4) is 11.5 Å². The average Bonchev–Trinajstić information content (AvgIpc) is 2.96. The first-order chi connectivity index (χ1) is 12.5. The molecule has 0 spiro atoms. The zero-order valence-electron chi connectivity index (χ0n) is 14.4. The van der Waals surface area contributed by atoms with Gasteiger partial charge < -0.3 is 14.5 Å². The van der Waals surface area contributed by atoms with Crippen molar-refractivity contribution in [2.24, 2.45) is 0 Å². The maximum Gasteiger partial charge on any atom is 0.326 e. The Bertz CT molecular complexity index is 1090. The molecule has 0 aliphatic rings. The highest BCUT2D eigenvalue weighted by Gasteiger charge is 2.20. The molecule has 0 aliphatic carbocycles. The molecule has 3 aromatic rings. The average molecular weight is 377 g/mol. The highest BCUT2D eigenvalue weighted by molar-refractivity contribution is 7.89. The molecule has 3 rings (SSSR count). The number of rotatable bonds is 7. The number of imidazole rings is 1. The number of H-pyrrole nitrogens is 1. The fourth-order valence-corrected chi connectivity index (χ4v) is 3.90. The van der Waals surface area contributed by atoms with Gasteiger partial charge in [-0.1, -0.05) is 12.1 Å². The molecule has 2 aromatic carbocycles. The van der Waals surface area contributed by atoms with Crippen molar-refractivity contribution in [1.29, 1.82) is 0 Å². The topological polar surface area (TPSA) is 102 Å². The summed E-state index contributed by atoms with van der Waals surface area (Å²) in [5, 5.41) is 0. The van der Waals surface area contributed by atoms with Gasteiger partial charge >= 0.3 is 5.69 Å². The summed E-state index contributed by atoms with van der Waals surface area (Å²) in [5.41, 5.74) is 1.13. The van der Waals surface area contributed by atoms with Crippen LogP contribution in [0.4, 0.5) is 0 Å². The molecule has 0 radical (unpaired) electrons. The third-order valence-corrected chi connectivity index (χ3v) is 5.45. The number of sulfonamides is 1. The number of nitrogens with one attached hydrogen (secondary N) is 2. The number of fused-ring (bicyclic) bond motifs is 1. The van der Waals surface area contributed by atoms with E-state index in [0.29, 0.717) is 11.3 Å². The molecule has 0 unspecified atom stereocenters. The molecule has 0 saturated carbocycles. The summed E-state index contributed by atoms with van der Waals surface area (Å²) < 4.78 is 39.4. The summed E-state index contributed by atoms with van der Waals surface area (Å²) in [5.74, 6) is 0.613. The Labute approximate surface area is 150 Å². The van der Waals surface area contributed by atoms with Crippen molar-refractivity contribution >= 4 is 21.1 Å². The van der Waals surface area contributed by atoms with Gasteiger partial charge in [0.1, 0.15) is 16.4 Å². The summed E-state index contributed by atoms with van der Waals surface area (Å²) in [6.07, 6.45) is 0. The molecule has 0 atom stereocenters. The summed E-state index contributed by atoms with van der Waals surface area (Å²) in [7, 11) is -0.987. The van der Waals surface area contributed by atoms with E-state index in [0.717, 1.165) is 5.52 Å². The van der Waals surface area contributed by atoms with E-state index in [2.05, 4.69) is 9.71 Å². The smallest absolute Gasteiger partial charge is 0.326 e. The van der Waals surface area contributed by atoms with Gasteiger partial charge in [0.15, 0.2) is 0 Å². The van der Waals surface area contributed by atoms with Crippen LogP contribution in [0.15, 0.2) is 52.2 Å². The first kappa shape index (κ1) is 18.0. The second-order valence-electron chi connectivity index (χ2n) is 5.51. The van der Waals surface area contributed by atoms with E-state index < -0.39 is 10.0 Å². The number of methoxy groups -OCH3 is 2. The lowest BCUT2D eigenvalue weighted by atomic mass is 10.3. The van der Waals surface area contributed by atoms with E-state index in [1.165, 1.54) is 30.9 Å². The number of aromatic amines is 1. The lowest BCUT2D eigenvalue weighted by Crippen LogP contribution is -2.30. The van der Waals surface area contributed by atoms with Crippen molar-refractivity contribution in [3.05, 3.63) is 52.9 Å². The SMILES string of the molecule is COc1ccc(OC)c(S(=O)(=O)NCCn2c(=O)[nH]c3ccccc32)c1. The molecule has 1 aromatic heterocycles. The Morgan fingerprint density at radius 2 is 1.88 bits per heavy atom. The van der Waals surface area contributed by atoms with Crippen molar-refractivity contribution < 1.29 is 17.9 Å². The number of hydrogen-bond acceptors (Lipinski definition) is 5. The van der Waals surface area contributed by atoms with Gasteiger partial charge in [0.25, 0.3) is 0 Å². The zero-order valence-corrected chi connectivity index (χ0v) is 15.2. The van der Waals surface area contributed by atoms with Crippen LogP contribution in [0.1, 0.15) is 0 Å². The molecule has 0 bridgehead atoms. The van der Waals surface area contributed by atoms with Gasteiger partial charge in [-0.2, -0.15) is 0 Å². The first-order valence-corrected chi connectivity index (χ1v) is 9.34. The van der Waals surface area contributed by atoms with Crippen molar-refractivity contribution in [2.75, 3.05) is 20.8 Å². The summed E-state index contributed by atoms with van der Waals surface area (Å²) in [6, 6.07) is 11.8. The van der Waals surface area contributed by atoms with Crippen molar-refractivity contribution in [3.63, 3.8) is 0 Å². The van der Waals surface area contributed by atoms with Crippen LogP contribution in [0, 0.1) is 0 Å². The zero-order chi connectivity index (χ0) is 18.7. The third kappa shape index (κ3) is 3.44. The van der Waals surface area contributed by atoms with E-state index in [9.17, 15) is 13.2 Å². The van der Waals surface area contributed by atoms with Crippen molar-refractivity contribution in [1.82, 2.24) is 14.3 Å². The lowest BCUT2D eigenvalue weighted by Gasteiger charge is -2.12. The highest BCUT2D eigenvalue weighted by Crippen LogP contribution is 2.27. The Hall–Kier alpha value is -2.78. The Morgan fingerprint density at radius 3 is 2.62 bits per heavy atom. The molecule has 0 aliphatic heterocycles. The maximum absolute atomic E-state index is 12.6. The molecule has 8 nitrogen and oxygen atoms in total. The number of aromatic nitrogens is 2. The number of benzene rings is 2. The molecular formula is C17H19N3O5S. The van der Waals surface area contributed by atoms with Crippen LogP contribution in [0.3, 0.4) is 0 Å². The first-order valence-electron chi connectivity index (χ1n) is 7.85. The molecule has 0 amide bonds. The monoisotopic (exact) mass is 377 g/mol. The molecular weight excluding hydrogens is 358 g/mol. The Morgan fingerprint density at radius 1 is 1.12 bits per heavy atom. The third-order valence-electron chi connectivity index (χ3n) is 3.97. The normalized spacial score (nSPS) is 11.6. The number of nitrogens with zero attached hydrogens (tertiary/aromatic N) is 1. The summed E-state index contributed by atoms with van der Waals surface area (Å²) in [6.45, 7) is 0.235. The fraction of sp³-hybridized carbons (Fsp3) is 0.235. The summed E-state index contributed by atoms with van der Waals surface area (Å²) in [4.78, 5) is 14.8. The molecule has 0 saturated heterocycles. The second kappa shape index (κ2) is 7.22. The van der Waals surface area contributed by atoms with Gasteiger partial charge in [0.05, 0.1) is 25.3 Å². The van der Waals surface area contributed by atoms with E-state index in [-0.39, 0.29) is 29.4 Å². The van der Waals surface area contributed by atoms with Crippen LogP contribution in [0.25, 0.3) is 11.0 Å². The maximum atomic E-state index is 12.6. The van der Waals surface area contributed by atoms with Crippen LogP contribution >= 0.6 is 0 Å². The Balaban J connectivity index is 1.81. The largest absolute Gasteiger partial charge is 0.497 e. The van der Waals surface area contributed by atoms with Crippen LogP contribution in [-0.2, 0) is 16.6 Å². The predicted molar refractivity (Wildman–Crippen MR) is 97.3 cm³/mol. The number of ether oxygens (including phenoxy) is 2. The van der Waals surface area contributed by atoms with Gasteiger partial charge in [0.2, 0.25) is 10.0 Å². The van der Waals surface area contributed by atoms with Crippen LogP contribution in [-0.4, -0.2) is 38.7 Å². The number of hydrogen-bond donors (Lipinski definition) is 2. The van der Waals surface area contributed by atoms with E-state index >= 15 is 0 Å². The standard InChI is InChI=1S/C17H19N3O5S/c1-24-12-7-8-15(25-2)16(11-12)26(22,23)18-9-10-20-14-6-4-3-5-13(14)19-17(20)21/h3-8,11,18H,9-10H2,1-2H3,(H,19,21). The van der Waals surface area contributed by atoms with Gasteiger partial charge in [-0.25, -0.2) is 17.9 Å². The van der Waals surface area contributed by atoms with Crippen LogP contribution in [0.5, 0.6) is 11.5 Å². The van der Waals surface area contributed by atoms with Gasteiger partial charge in [-0.15, -0.1) is 0 Å².